The summed E-state index contributed by atoms with van der Waals surface area (Å²) < 4.78 is 1.85. The van der Waals surface area contributed by atoms with E-state index in [1.165, 1.54) is 0 Å². The zero-order valence-electron chi connectivity index (χ0n) is 10.5. The van der Waals surface area contributed by atoms with Gasteiger partial charge in [-0.2, -0.15) is 5.10 Å². The van der Waals surface area contributed by atoms with Crippen LogP contribution in [-0.2, 0) is 6.42 Å². The highest BCUT2D eigenvalue weighted by Crippen LogP contribution is 2.31. The van der Waals surface area contributed by atoms with Crippen LogP contribution in [0.2, 0.25) is 0 Å². The first-order chi connectivity index (χ1) is 8.15. The lowest BCUT2D eigenvalue weighted by Crippen LogP contribution is -2.03. The summed E-state index contributed by atoms with van der Waals surface area (Å²) in [5.41, 5.74) is 2.64. The van der Waals surface area contributed by atoms with E-state index in [2.05, 4.69) is 18.9 Å². The second-order valence-corrected chi connectivity index (χ2v) is 4.44. The van der Waals surface area contributed by atoms with E-state index in [9.17, 15) is 5.11 Å². The molecule has 0 bridgehead atoms. The maximum atomic E-state index is 10.2. The summed E-state index contributed by atoms with van der Waals surface area (Å²) in [6, 6.07) is 9.92. The van der Waals surface area contributed by atoms with Gasteiger partial charge >= 0.3 is 0 Å². The molecule has 3 heteroatoms. The van der Waals surface area contributed by atoms with Crippen molar-refractivity contribution in [1.29, 1.82) is 0 Å². The SMILES string of the molecule is CCc1nn(-c2ccccc2)c(C(C)C)c1O. The Labute approximate surface area is 102 Å². The number of rotatable bonds is 3. The smallest absolute Gasteiger partial charge is 0.160 e. The van der Waals surface area contributed by atoms with Gasteiger partial charge in [-0.05, 0) is 24.5 Å². The lowest BCUT2D eigenvalue weighted by molar-refractivity contribution is 0.457. The number of nitrogens with zero attached hydrogens (tertiary/aromatic N) is 2. The van der Waals surface area contributed by atoms with Crippen LogP contribution < -0.4 is 0 Å². The minimum absolute atomic E-state index is 0.239. The number of aromatic hydroxyl groups is 1. The lowest BCUT2D eigenvalue weighted by atomic mass is 10.1. The quantitative estimate of drug-likeness (QED) is 0.878. The van der Waals surface area contributed by atoms with Crippen LogP contribution in [0.15, 0.2) is 30.3 Å². The van der Waals surface area contributed by atoms with E-state index in [4.69, 9.17) is 0 Å². The third-order valence-electron chi connectivity index (χ3n) is 2.85. The molecule has 0 aliphatic heterocycles. The predicted octanol–water partition coefficient (Wildman–Crippen LogP) is 3.26. The first kappa shape index (κ1) is 11.7. The molecule has 0 aliphatic rings. The van der Waals surface area contributed by atoms with E-state index in [1.807, 2.05) is 41.9 Å². The summed E-state index contributed by atoms with van der Waals surface area (Å²) in [5.74, 6) is 0.578. The van der Waals surface area contributed by atoms with Crippen LogP contribution in [0.1, 0.15) is 38.1 Å². The molecular weight excluding hydrogens is 212 g/mol. The molecule has 1 aromatic carbocycles. The van der Waals surface area contributed by atoms with Crippen molar-refractivity contribution in [2.24, 2.45) is 0 Å². The molecule has 0 amide bonds. The Morgan fingerprint density at radius 3 is 2.41 bits per heavy atom. The molecule has 2 rings (SSSR count). The van der Waals surface area contributed by atoms with Gasteiger partial charge in [-0.3, -0.25) is 0 Å². The number of benzene rings is 1. The maximum Gasteiger partial charge on any atom is 0.160 e. The second kappa shape index (κ2) is 4.62. The molecule has 0 fully saturated rings. The minimum atomic E-state index is 0.239. The van der Waals surface area contributed by atoms with Crippen molar-refractivity contribution in [3.8, 4) is 11.4 Å². The molecule has 3 nitrogen and oxygen atoms in total. The van der Waals surface area contributed by atoms with Gasteiger partial charge < -0.3 is 5.11 Å². The Hall–Kier alpha value is -1.77. The van der Waals surface area contributed by atoms with Gasteiger partial charge in [0.1, 0.15) is 5.69 Å². The van der Waals surface area contributed by atoms with E-state index >= 15 is 0 Å². The van der Waals surface area contributed by atoms with Crippen molar-refractivity contribution >= 4 is 0 Å². The average Bonchev–Trinajstić information content (AvgIpc) is 2.67. The topological polar surface area (TPSA) is 38.0 Å². The normalized spacial score (nSPS) is 11.1. The molecule has 1 aromatic heterocycles. The lowest BCUT2D eigenvalue weighted by Gasteiger charge is -2.10. The Morgan fingerprint density at radius 2 is 1.88 bits per heavy atom. The molecule has 1 heterocycles. The van der Waals surface area contributed by atoms with Crippen LogP contribution in [0.4, 0.5) is 0 Å². The zero-order chi connectivity index (χ0) is 12.4. The Morgan fingerprint density at radius 1 is 1.24 bits per heavy atom. The number of aromatic nitrogens is 2. The molecule has 2 aromatic rings. The molecule has 1 N–H and O–H groups in total. The molecule has 0 aliphatic carbocycles. The highest BCUT2D eigenvalue weighted by molar-refractivity contribution is 5.42. The van der Waals surface area contributed by atoms with Crippen LogP contribution in [-0.4, -0.2) is 14.9 Å². The average molecular weight is 230 g/mol. The van der Waals surface area contributed by atoms with Gasteiger partial charge in [0, 0.05) is 0 Å². The van der Waals surface area contributed by atoms with Crippen molar-refractivity contribution in [3.63, 3.8) is 0 Å². The van der Waals surface area contributed by atoms with E-state index < -0.39 is 0 Å². The van der Waals surface area contributed by atoms with Crippen LogP contribution in [0.25, 0.3) is 5.69 Å². The minimum Gasteiger partial charge on any atom is -0.504 e. The fourth-order valence-electron chi connectivity index (χ4n) is 1.99. The molecule has 0 saturated heterocycles. The largest absolute Gasteiger partial charge is 0.504 e. The van der Waals surface area contributed by atoms with Crippen LogP contribution >= 0.6 is 0 Å². The van der Waals surface area contributed by atoms with Gasteiger partial charge in [0.2, 0.25) is 0 Å². The molecular formula is C14H18N2O. The van der Waals surface area contributed by atoms with Gasteiger partial charge in [0.05, 0.1) is 11.4 Å². The van der Waals surface area contributed by atoms with Gasteiger partial charge in [0.15, 0.2) is 5.75 Å². The number of hydrogen-bond acceptors (Lipinski definition) is 2. The first-order valence-electron chi connectivity index (χ1n) is 6.01. The number of aryl methyl sites for hydroxylation is 1. The zero-order valence-corrected chi connectivity index (χ0v) is 10.5. The van der Waals surface area contributed by atoms with Crippen LogP contribution in [0, 0.1) is 0 Å². The van der Waals surface area contributed by atoms with Crippen molar-refractivity contribution in [3.05, 3.63) is 41.7 Å². The van der Waals surface area contributed by atoms with Crippen molar-refractivity contribution in [1.82, 2.24) is 9.78 Å². The molecule has 0 unspecified atom stereocenters. The Balaban J connectivity index is 2.61. The fraction of sp³-hybridized carbons (Fsp3) is 0.357. The van der Waals surface area contributed by atoms with Crippen molar-refractivity contribution < 1.29 is 5.11 Å². The Bertz CT molecular complexity index is 500. The summed E-state index contributed by atoms with van der Waals surface area (Å²) in [6.45, 7) is 6.13. The van der Waals surface area contributed by atoms with E-state index in [0.29, 0.717) is 5.75 Å². The van der Waals surface area contributed by atoms with Crippen molar-refractivity contribution in [2.75, 3.05) is 0 Å². The van der Waals surface area contributed by atoms with Crippen LogP contribution in [0.3, 0.4) is 0 Å². The summed E-state index contributed by atoms with van der Waals surface area (Å²) in [4.78, 5) is 0. The summed E-state index contributed by atoms with van der Waals surface area (Å²) in [6.07, 6.45) is 0.741. The molecule has 0 spiro atoms. The van der Waals surface area contributed by atoms with Gasteiger partial charge in [-0.1, -0.05) is 39.0 Å². The maximum absolute atomic E-state index is 10.2. The van der Waals surface area contributed by atoms with Gasteiger partial charge in [0.25, 0.3) is 0 Å². The first-order valence-corrected chi connectivity index (χ1v) is 6.01. The second-order valence-electron chi connectivity index (χ2n) is 4.44. The highest BCUT2D eigenvalue weighted by Gasteiger charge is 2.19. The third-order valence-corrected chi connectivity index (χ3v) is 2.85. The van der Waals surface area contributed by atoms with Crippen molar-refractivity contribution in [2.45, 2.75) is 33.1 Å². The standard InChI is InChI=1S/C14H18N2O/c1-4-12-14(17)13(10(2)3)16(15-12)11-8-6-5-7-9-11/h5-10,17H,4H2,1-3H3. The highest BCUT2D eigenvalue weighted by atomic mass is 16.3. The molecule has 17 heavy (non-hydrogen) atoms. The summed E-state index contributed by atoms with van der Waals surface area (Å²) in [7, 11) is 0. The van der Waals surface area contributed by atoms with Crippen LogP contribution in [0.5, 0.6) is 5.75 Å². The number of para-hydroxylation sites is 1. The predicted molar refractivity (Wildman–Crippen MR) is 68.7 cm³/mol. The van der Waals surface area contributed by atoms with E-state index in [-0.39, 0.29) is 5.92 Å². The third kappa shape index (κ3) is 2.05. The van der Waals surface area contributed by atoms with E-state index in [0.717, 1.165) is 23.5 Å². The summed E-state index contributed by atoms with van der Waals surface area (Å²) in [5, 5.41) is 14.6. The Kier molecular flexibility index (Phi) is 3.18. The fourth-order valence-corrected chi connectivity index (χ4v) is 1.99. The monoisotopic (exact) mass is 230 g/mol. The summed E-state index contributed by atoms with van der Waals surface area (Å²) >= 11 is 0. The molecule has 0 radical (unpaired) electrons. The van der Waals surface area contributed by atoms with Gasteiger partial charge in [-0.15, -0.1) is 0 Å². The molecule has 0 saturated carbocycles. The van der Waals surface area contributed by atoms with Gasteiger partial charge in [-0.25, -0.2) is 4.68 Å². The molecule has 90 valence electrons. The number of hydrogen-bond donors (Lipinski definition) is 1. The molecule has 0 atom stereocenters. The van der Waals surface area contributed by atoms with E-state index in [1.54, 1.807) is 0 Å².